The molecule has 3 aliphatic rings. The molecule has 0 saturated carbocycles. The van der Waals surface area contributed by atoms with E-state index in [0.717, 1.165) is 9.37 Å². The number of carbonyl (C=O) groups is 3. The molecule has 0 radical (unpaired) electrons. The molecular formula is C19H14BrN5O5. The first kappa shape index (κ1) is 18.6. The maximum atomic E-state index is 12.9. The number of benzene rings is 2. The van der Waals surface area contributed by atoms with Crippen molar-refractivity contribution >= 4 is 45.0 Å². The van der Waals surface area contributed by atoms with Gasteiger partial charge in [0.1, 0.15) is 6.54 Å². The molecule has 2 aromatic carbocycles. The van der Waals surface area contributed by atoms with Crippen molar-refractivity contribution in [3.63, 3.8) is 0 Å². The Kier molecular flexibility index (Phi) is 4.39. The van der Waals surface area contributed by atoms with E-state index >= 15 is 0 Å². The van der Waals surface area contributed by atoms with E-state index in [1.807, 2.05) is 0 Å². The normalized spacial score (nSPS) is 21.4. The predicted molar refractivity (Wildman–Crippen MR) is 107 cm³/mol. The first-order chi connectivity index (χ1) is 14.5. The van der Waals surface area contributed by atoms with Gasteiger partial charge in [-0.15, -0.1) is 0 Å². The van der Waals surface area contributed by atoms with E-state index in [0.29, 0.717) is 22.9 Å². The molecule has 2 aromatic rings. The highest BCUT2D eigenvalue weighted by Gasteiger charge is 2.55. The lowest BCUT2D eigenvalue weighted by Crippen LogP contribution is -2.43. The Morgan fingerprint density at radius 2 is 1.87 bits per heavy atom. The van der Waals surface area contributed by atoms with E-state index in [1.165, 1.54) is 5.01 Å². The molecule has 3 aliphatic heterocycles. The fourth-order valence-corrected chi connectivity index (χ4v) is 3.78. The molecule has 11 heteroatoms. The summed E-state index contributed by atoms with van der Waals surface area (Å²) in [6, 6.07) is 9.92. The Bertz CT molecular complexity index is 1090. The van der Waals surface area contributed by atoms with Crippen LogP contribution in [0, 0.1) is 0 Å². The lowest BCUT2D eigenvalue weighted by molar-refractivity contribution is -0.123. The second-order valence-electron chi connectivity index (χ2n) is 6.80. The third kappa shape index (κ3) is 3.07. The molecular weight excluding hydrogens is 458 g/mol. The Morgan fingerprint density at radius 1 is 1.10 bits per heavy atom. The minimum absolute atomic E-state index is 0.134. The smallest absolute Gasteiger partial charge is 0.263 e. The summed E-state index contributed by atoms with van der Waals surface area (Å²) in [6.07, 6.45) is 0. The summed E-state index contributed by atoms with van der Waals surface area (Å²) < 4.78 is 11.4. The zero-order valence-corrected chi connectivity index (χ0v) is 16.9. The van der Waals surface area contributed by atoms with Gasteiger partial charge in [-0.2, -0.15) is 5.11 Å². The number of nitrogens with one attached hydrogen (secondary N) is 1. The highest BCUT2D eigenvalue weighted by Crippen LogP contribution is 2.35. The Labute approximate surface area is 178 Å². The van der Waals surface area contributed by atoms with Gasteiger partial charge < -0.3 is 14.8 Å². The number of nitrogens with zero attached hydrogens (tertiary/aromatic N) is 4. The molecule has 5 rings (SSSR count). The second-order valence-corrected chi connectivity index (χ2v) is 7.71. The molecule has 0 aliphatic carbocycles. The van der Waals surface area contributed by atoms with Crippen LogP contribution < -0.4 is 19.7 Å². The lowest BCUT2D eigenvalue weighted by atomic mass is 10.1. The van der Waals surface area contributed by atoms with E-state index < -0.39 is 29.8 Å². The van der Waals surface area contributed by atoms with Crippen molar-refractivity contribution in [2.24, 2.45) is 10.3 Å². The lowest BCUT2D eigenvalue weighted by Gasteiger charge is -2.20. The van der Waals surface area contributed by atoms with E-state index in [4.69, 9.17) is 9.47 Å². The number of imide groups is 1. The third-order valence-corrected chi connectivity index (χ3v) is 5.43. The van der Waals surface area contributed by atoms with E-state index in [-0.39, 0.29) is 13.3 Å². The Hall–Kier alpha value is -3.47. The van der Waals surface area contributed by atoms with Gasteiger partial charge in [-0.05, 0) is 36.4 Å². The largest absolute Gasteiger partial charge is 0.454 e. The number of hydrogen-bond acceptors (Lipinski definition) is 8. The fourth-order valence-electron chi connectivity index (χ4n) is 3.52. The molecule has 1 N–H and O–H groups in total. The van der Waals surface area contributed by atoms with Crippen LogP contribution in [-0.2, 0) is 14.4 Å². The molecule has 0 aromatic heterocycles. The van der Waals surface area contributed by atoms with Crippen LogP contribution in [0.1, 0.15) is 0 Å². The van der Waals surface area contributed by atoms with Crippen LogP contribution in [0.4, 0.5) is 11.4 Å². The number of halogens is 1. The summed E-state index contributed by atoms with van der Waals surface area (Å²) in [5.41, 5.74) is 0.963. The van der Waals surface area contributed by atoms with Gasteiger partial charge in [0.05, 0.1) is 5.69 Å². The number of ether oxygens (including phenoxy) is 2. The van der Waals surface area contributed by atoms with Crippen molar-refractivity contribution in [1.29, 1.82) is 0 Å². The van der Waals surface area contributed by atoms with Crippen molar-refractivity contribution in [3.8, 4) is 11.5 Å². The molecule has 1 fully saturated rings. The average Bonchev–Trinajstić information content (AvgIpc) is 3.41. The van der Waals surface area contributed by atoms with Crippen molar-refractivity contribution in [1.82, 2.24) is 5.01 Å². The van der Waals surface area contributed by atoms with Crippen LogP contribution in [-0.4, -0.2) is 48.2 Å². The summed E-state index contributed by atoms with van der Waals surface area (Å²) in [5, 5.41) is 11.8. The zero-order chi connectivity index (χ0) is 20.8. The zero-order valence-electron chi connectivity index (χ0n) is 15.3. The van der Waals surface area contributed by atoms with E-state index in [2.05, 4.69) is 31.6 Å². The van der Waals surface area contributed by atoms with Gasteiger partial charge in [0.2, 0.25) is 12.7 Å². The number of rotatable bonds is 4. The highest BCUT2D eigenvalue weighted by atomic mass is 79.9. The van der Waals surface area contributed by atoms with Gasteiger partial charge in [-0.1, -0.05) is 21.2 Å². The van der Waals surface area contributed by atoms with Crippen LogP contribution in [0.5, 0.6) is 11.5 Å². The quantitative estimate of drug-likeness (QED) is 0.683. The summed E-state index contributed by atoms with van der Waals surface area (Å²) >= 11 is 3.32. The van der Waals surface area contributed by atoms with Crippen molar-refractivity contribution in [3.05, 3.63) is 46.9 Å². The SMILES string of the molecule is O=C(CN1N=N[C@H]2C(=O)N(c3ccc(Br)cc3)C(=O)[C@@H]21)Nc1ccc2c(c1)OCO2. The van der Waals surface area contributed by atoms with Crippen LogP contribution in [0.2, 0.25) is 0 Å². The molecule has 1 saturated heterocycles. The molecule has 2 atom stereocenters. The summed E-state index contributed by atoms with van der Waals surface area (Å²) in [4.78, 5) is 39.2. The molecule has 0 bridgehead atoms. The van der Waals surface area contributed by atoms with Crippen molar-refractivity contribution in [2.45, 2.75) is 12.1 Å². The molecule has 152 valence electrons. The topological polar surface area (TPSA) is 113 Å². The summed E-state index contributed by atoms with van der Waals surface area (Å²) in [7, 11) is 0. The molecule has 3 heterocycles. The monoisotopic (exact) mass is 471 g/mol. The molecule has 10 nitrogen and oxygen atoms in total. The molecule has 0 spiro atoms. The maximum Gasteiger partial charge on any atom is 0.263 e. The molecule has 3 amide bonds. The van der Waals surface area contributed by atoms with Gasteiger partial charge in [-0.25, -0.2) is 4.90 Å². The van der Waals surface area contributed by atoms with E-state index in [1.54, 1.807) is 42.5 Å². The minimum atomic E-state index is -0.959. The maximum absolute atomic E-state index is 12.9. The van der Waals surface area contributed by atoms with Crippen LogP contribution >= 0.6 is 15.9 Å². The number of amides is 3. The number of hydrogen-bond donors (Lipinski definition) is 1. The predicted octanol–water partition coefficient (Wildman–Crippen LogP) is 2.11. The van der Waals surface area contributed by atoms with Crippen LogP contribution in [0.25, 0.3) is 0 Å². The van der Waals surface area contributed by atoms with Crippen molar-refractivity contribution < 1.29 is 23.9 Å². The van der Waals surface area contributed by atoms with Crippen molar-refractivity contribution in [2.75, 3.05) is 23.6 Å². The van der Waals surface area contributed by atoms with Crippen LogP contribution in [0.15, 0.2) is 57.3 Å². The highest BCUT2D eigenvalue weighted by molar-refractivity contribution is 9.10. The van der Waals surface area contributed by atoms with Crippen LogP contribution in [0.3, 0.4) is 0 Å². The van der Waals surface area contributed by atoms with Gasteiger partial charge in [0.15, 0.2) is 23.6 Å². The third-order valence-electron chi connectivity index (χ3n) is 4.90. The van der Waals surface area contributed by atoms with Gasteiger partial charge >= 0.3 is 0 Å². The number of anilines is 2. The number of fused-ring (bicyclic) bond motifs is 2. The fraction of sp³-hybridized carbons (Fsp3) is 0.211. The first-order valence-corrected chi connectivity index (χ1v) is 9.81. The Balaban J connectivity index is 1.29. The second kappa shape index (κ2) is 7.10. The molecule has 0 unspecified atom stereocenters. The van der Waals surface area contributed by atoms with Gasteiger partial charge in [0.25, 0.3) is 11.8 Å². The summed E-state index contributed by atoms with van der Waals surface area (Å²) in [5.74, 6) is -0.193. The number of carbonyl (C=O) groups excluding carboxylic acids is 3. The average molecular weight is 472 g/mol. The standard InChI is InChI=1S/C19H14BrN5O5/c20-10-1-4-12(5-2-10)25-18(27)16-17(19(25)28)24(23-22-16)8-15(26)21-11-3-6-13-14(7-11)30-9-29-13/h1-7,16-17H,8-9H2,(H,21,26)/t16-,17-/m1/s1. The summed E-state index contributed by atoms with van der Waals surface area (Å²) in [6.45, 7) is -0.0960. The molecule has 30 heavy (non-hydrogen) atoms. The first-order valence-electron chi connectivity index (χ1n) is 9.01. The minimum Gasteiger partial charge on any atom is -0.454 e. The van der Waals surface area contributed by atoms with Gasteiger partial charge in [0, 0.05) is 16.2 Å². The van der Waals surface area contributed by atoms with Gasteiger partial charge in [-0.3, -0.25) is 19.4 Å². The Morgan fingerprint density at radius 3 is 2.67 bits per heavy atom. The van der Waals surface area contributed by atoms with E-state index in [9.17, 15) is 14.4 Å².